The van der Waals surface area contributed by atoms with Gasteiger partial charge in [-0.15, -0.1) is 11.3 Å². The number of aryl methyl sites for hydroxylation is 1. The highest BCUT2D eigenvalue weighted by Gasteiger charge is 2.35. The number of urea groups is 1. The van der Waals surface area contributed by atoms with Crippen LogP contribution in [0.5, 0.6) is 5.75 Å². The Morgan fingerprint density at radius 2 is 2.03 bits per heavy atom. The minimum absolute atomic E-state index is 0.107. The molecule has 3 aromatic rings. The number of fused-ring (bicyclic) bond motifs is 1. The summed E-state index contributed by atoms with van der Waals surface area (Å²) < 4.78 is 5.40. The molecule has 1 N–H and O–H groups in total. The third-order valence-electron chi connectivity index (χ3n) is 5.65. The molecule has 4 rings (SSSR count). The van der Waals surface area contributed by atoms with E-state index >= 15 is 0 Å². The van der Waals surface area contributed by atoms with Crippen molar-refractivity contribution in [1.82, 2.24) is 4.90 Å². The SMILES string of the molecule is CCc1c(C)sc2c1CCN(C(=O)Nc1cc(Cl)ccc1OC)C2c1ccccc1. The molecule has 6 heteroatoms. The van der Waals surface area contributed by atoms with E-state index in [9.17, 15) is 4.79 Å². The quantitative estimate of drug-likeness (QED) is 0.505. The summed E-state index contributed by atoms with van der Waals surface area (Å²) in [7, 11) is 1.58. The summed E-state index contributed by atoms with van der Waals surface area (Å²) >= 11 is 7.97. The van der Waals surface area contributed by atoms with Gasteiger partial charge in [-0.25, -0.2) is 4.79 Å². The van der Waals surface area contributed by atoms with Gasteiger partial charge in [-0.1, -0.05) is 48.9 Å². The van der Waals surface area contributed by atoms with Crippen molar-refractivity contribution < 1.29 is 9.53 Å². The van der Waals surface area contributed by atoms with Crippen LogP contribution in [0.25, 0.3) is 0 Å². The van der Waals surface area contributed by atoms with Crippen LogP contribution in [0.4, 0.5) is 10.5 Å². The maximum absolute atomic E-state index is 13.4. The first-order valence-corrected chi connectivity index (χ1v) is 11.3. The molecular formula is C24H25ClN2O2S. The van der Waals surface area contributed by atoms with Gasteiger partial charge in [0.25, 0.3) is 0 Å². The first-order chi connectivity index (χ1) is 14.5. The van der Waals surface area contributed by atoms with Crippen molar-refractivity contribution in [2.75, 3.05) is 19.0 Å². The molecule has 1 aromatic heterocycles. The Balaban J connectivity index is 1.73. The number of benzene rings is 2. The molecular weight excluding hydrogens is 416 g/mol. The lowest BCUT2D eigenvalue weighted by molar-refractivity contribution is 0.195. The van der Waals surface area contributed by atoms with Crippen molar-refractivity contribution in [3.63, 3.8) is 0 Å². The number of carbonyl (C=O) groups excluding carboxylic acids is 1. The largest absolute Gasteiger partial charge is 0.495 e. The van der Waals surface area contributed by atoms with Crippen LogP contribution < -0.4 is 10.1 Å². The molecule has 0 saturated heterocycles. The van der Waals surface area contributed by atoms with Gasteiger partial charge in [0.05, 0.1) is 18.8 Å². The minimum atomic E-state index is -0.154. The fourth-order valence-corrected chi connectivity index (χ4v) is 5.88. The van der Waals surface area contributed by atoms with Crippen LogP contribution in [0.3, 0.4) is 0 Å². The smallest absolute Gasteiger partial charge is 0.322 e. The molecule has 2 aromatic carbocycles. The van der Waals surface area contributed by atoms with Crippen LogP contribution in [0, 0.1) is 6.92 Å². The second kappa shape index (κ2) is 8.70. The van der Waals surface area contributed by atoms with Gasteiger partial charge in [0, 0.05) is 21.3 Å². The molecule has 1 unspecified atom stereocenters. The number of hydrogen-bond acceptors (Lipinski definition) is 3. The number of nitrogens with zero attached hydrogens (tertiary/aromatic N) is 1. The number of carbonyl (C=O) groups is 1. The normalized spacial score (nSPS) is 15.6. The Morgan fingerprint density at radius 3 is 2.73 bits per heavy atom. The van der Waals surface area contributed by atoms with E-state index in [0.717, 1.165) is 18.4 Å². The highest BCUT2D eigenvalue weighted by molar-refractivity contribution is 7.12. The van der Waals surface area contributed by atoms with Gasteiger partial charge < -0.3 is 15.0 Å². The van der Waals surface area contributed by atoms with E-state index in [4.69, 9.17) is 16.3 Å². The maximum atomic E-state index is 13.4. The number of hydrogen-bond donors (Lipinski definition) is 1. The Labute approximate surface area is 186 Å². The monoisotopic (exact) mass is 440 g/mol. The number of amides is 2. The Hall–Kier alpha value is -2.50. The summed E-state index contributed by atoms with van der Waals surface area (Å²) in [5.74, 6) is 0.585. The number of halogens is 1. The molecule has 2 heterocycles. The van der Waals surface area contributed by atoms with Crippen molar-refractivity contribution in [2.24, 2.45) is 0 Å². The van der Waals surface area contributed by atoms with Crippen LogP contribution in [0.2, 0.25) is 5.02 Å². The van der Waals surface area contributed by atoms with E-state index in [2.05, 4.69) is 31.3 Å². The van der Waals surface area contributed by atoms with Crippen molar-refractivity contribution in [3.8, 4) is 5.75 Å². The number of ether oxygens (including phenoxy) is 1. The second-order valence-electron chi connectivity index (χ2n) is 7.36. The average molecular weight is 441 g/mol. The van der Waals surface area contributed by atoms with E-state index in [1.54, 1.807) is 25.3 Å². The molecule has 1 aliphatic heterocycles. The van der Waals surface area contributed by atoms with Gasteiger partial charge in [0.1, 0.15) is 5.75 Å². The van der Waals surface area contributed by atoms with Crippen LogP contribution in [-0.4, -0.2) is 24.6 Å². The summed E-state index contributed by atoms with van der Waals surface area (Å²) in [6.07, 6.45) is 1.89. The molecule has 1 aliphatic rings. The second-order valence-corrected chi connectivity index (χ2v) is 9.06. The predicted octanol–water partition coefficient (Wildman–Crippen LogP) is 6.46. The molecule has 30 heavy (non-hydrogen) atoms. The highest BCUT2D eigenvalue weighted by atomic mass is 35.5. The molecule has 156 valence electrons. The molecule has 1 atom stereocenters. The van der Waals surface area contributed by atoms with Gasteiger partial charge in [-0.05, 0) is 54.7 Å². The molecule has 0 aliphatic carbocycles. The van der Waals surface area contributed by atoms with E-state index in [1.165, 1.54) is 20.9 Å². The topological polar surface area (TPSA) is 41.6 Å². The standard InChI is InChI=1S/C24H25ClN2O2S/c1-4-18-15(2)30-23-19(18)12-13-27(22(23)16-8-6-5-7-9-16)24(28)26-20-14-17(25)10-11-21(20)29-3/h5-11,14,22H,4,12-13H2,1-3H3,(H,26,28). The van der Waals surface area contributed by atoms with E-state index in [1.807, 2.05) is 34.4 Å². The molecule has 2 amide bonds. The fraction of sp³-hybridized carbons (Fsp3) is 0.292. The van der Waals surface area contributed by atoms with E-state index < -0.39 is 0 Å². The third-order valence-corrected chi connectivity index (χ3v) is 7.12. The summed E-state index contributed by atoms with van der Waals surface area (Å²) in [6.45, 7) is 5.05. The Kier molecular flexibility index (Phi) is 6.02. The zero-order chi connectivity index (χ0) is 21.3. The highest BCUT2D eigenvalue weighted by Crippen LogP contribution is 2.43. The number of nitrogens with one attached hydrogen (secondary N) is 1. The summed E-state index contributed by atoms with van der Waals surface area (Å²) in [5.41, 5.74) is 4.55. The third kappa shape index (κ3) is 3.80. The number of rotatable bonds is 4. The van der Waals surface area contributed by atoms with Gasteiger partial charge in [-0.3, -0.25) is 0 Å². The number of thiophene rings is 1. The van der Waals surface area contributed by atoms with Gasteiger partial charge in [0.2, 0.25) is 0 Å². The van der Waals surface area contributed by atoms with Gasteiger partial charge in [0.15, 0.2) is 0 Å². The van der Waals surface area contributed by atoms with Crippen LogP contribution in [0.15, 0.2) is 48.5 Å². The molecule has 0 saturated carbocycles. The van der Waals surface area contributed by atoms with E-state index in [0.29, 0.717) is 23.0 Å². The summed E-state index contributed by atoms with van der Waals surface area (Å²) in [4.78, 5) is 18.0. The Bertz CT molecular complexity index is 1060. The van der Waals surface area contributed by atoms with Crippen molar-refractivity contribution in [1.29, 1.82) is 0 Å². The van der Waals surface area contributed by atoms with Gasteiger partial charge in [-0.2, -0.15) is 0 Å². The average Bonchev–Trinajstić information content (AvgIpc) is 3.08. The first-order valence-electron chi connectivity index (χ1n) is 10.1. The summed E-state index contributed by atoms with van der Waals surface area (Å²) in [6, 6.07) is 15.2. The van der Waals surface area contributed by atoms with Crippen molar-refractivity contribution >= 4 is 34.7 Å². The predicted molar refractivity (Wildman–Crippen MR) is 124 cm³/mol. The first kappa shape index (κ1) is 20.8. The Morgan fingerprint density at radius 1 is 1.27 bits per heavy atom. The summed E-state index contributed by atoms with van der Waals surface area (Å²) in [5, 5.41) is 3.57. The maximum Gasteiger partial charge on any atom is 0.322 e. The van der Waals surface area contributed by atoms with Crippen LogP contribution in [0.1, 0.15) is 39.4 Å². The van der Waals surface area contributed by atoms with Crippen LogP contribution >= 0.6 is 22.9 Å². The minimum Gasteiger partial charge on any atom is -0.495 e. The van der Waals surface area contributed by atoms with Gasteiger partial charge >= 0.3 is 6.03 Å². The van der Waals surface area contributed by atoms with Crippen molar-refractivity contribution in [2.45, 2.75) is 32.7 Å². The van der Waals surface area contributed by atoms with Crippen LogP contribution in [-0.2, 0) is 12.8 Å². The lowest BCUT2D eigenvalue weighted by Gasteiger charge is -2.36. The molecule has 4 nitrogen and oxygen atoms in total. The molecule has 0 spiro atoms. The number of methoxy groups -OCH3 is 1. The molecule has 0 bridgehead atoms. The molecule has 0 radical (unpaired) electrons. The lowest BCUT2D eigenvalue weighted by atomic mass is 9.92. The zero-order valence-corrected chi connectivity index (χ0v) is 18.9. The zero-order valence-electron chi connectivity index (χ0n) is 17.4. The lowest BCUT2D eigenvalue weighted by Crippen LogP contribution is -2.42. The van der Waals surface area contributed by atoms with E-state index in [-0.39, 0.29) is 12.1 Å². The number of anilines is 1. The fourth-order valence-electron chi connectivity index (χ4n) is 4.26. The molecule has 0 fully saturated rings. The van der Waals surface area contributed by atoms with Crippen molar-refractivity contribution in [3.05, 3.63) is 80.0 Å².